The summed E-state index contributed by atoms with van der Waals surface area (Å²) >= 11 is 0. The van der Waals surface area contributed by atoms with Crippen LogP contribution in [0.2, 0.25) is 0 Å². The van der Waals surface area contributed by atoms with Crippen molar-refractivity contribution in [2.24, 2.45) is 0 Å². The Balaban J connectivity index is 2.64. The monoisotopic (exact) mass is 286 g/mol. The van der Waals surface area contributed by atoms with Crippen molar-refractivity contribution >= 4 is 10.0 Å². The van der Waals surface area contributed by atoms with Crippen molar-refractivity contribution in [2.75, 3.05) is 33.0 Å². The number of nitrogens with one attached hydrogen (secondary N) is 1. The van der Waals surface area contributed by atoms with E-state index in [1.54, 1.807) is 14.2 Å². The normalized spacial score (nSPS) is 11.8. The molecule has 19 heavy (non-hydrogen) atoms. The van der Waals surface area contributed by atoms with Crippen molar-refractivity contribution in [1.82, 2.24) is 9.62 Å². The summed E-state index contributed by atoms with van der Waals surface area (Å²) < 4.78 is 30.5. The third-order valence-electron chi connectivity index (χ3n) is 2.80. The molecule has 0 amide bonds. The first kappa shape index (κ1) is 15.9. The Hall–Kier alpha value is -1.11. The molecular formula is C13H22N2O3S. The zero-order chi connectivity index (χ0) is 14.3. The van der Waals surface area contributed by atoms with Gasteiger partial charge in [0.1, 0.15) is 5.75 Å². The first-order valence-corrected chi connectivity index (χ1v) is 7.88. The molecule has 0 atom stereocenters. The van der Waals surface area contributed by atoms with Gasteiger partial charge in [0.15, 0.2) is 0 Å². The summed E-state index contributed by atoms with van der Waals surface area (Å²) in [6.07, 6.45) is 0. The van der Waals surface area contributed by atoms with Gasteiger partial charge in [-0.15, -0.1) is 0 Å². The highest BCUT2D eigenvalue weighted by molar-refractivity contribution is 7.89. The zero-order valence-corrected chi connectivity index (χ0v) is 12.5. The Morgan fingerprint density at radius 1 is 1.37 bits per heavy atom. The quantitative estimate of drug-likeness (QED) is 0.726. The number of rotatable bonds is 8. The topological polar surface area (TPSA) is 58.6 Å². The van der Waals surface area contributed by atoms with E-state index in [2.05, 4.69) is 5.32 Å². The maximum absolute atomic E-state index is 12.0. The van der Waals surface area contributed by atoms with Gasteiger partial charge in [-0.1, -0.05) is 19.1 Å². The molecule has 0 aliphatic rings. The van der Waals surface area contributed by atoms with Crippen LogP contribution in [0.25, 0.3) is 0 Å². The average molecular weight is 286 g/mol. The SMILES string of the molecule is CCNCCS(=O)(=O)N(C)Cc1cccc(OC)c1. The molecule has 1 rings (SSSR count). The van der Waals surface area contributed by atoms with Gasteiger partial charge in [-0.2, -0.15) is 0 Å². The number of sulfonamides is 1. The third kappa shape index (κ3) is 5.18. The molecule has 0 spiro atoms. The molecule has 1 aromatic carbocycles. The smallest absolute Gasteiger partial charge is 0.215 e. The molecule has 0 saturated carbocycles. The van der Waals surface area contributed by atoms with Gasteiger partial charge >= 0.3 is 0 Å². The van der Waals surface area contributed by atoms with Crippen LogP contribution >= 0.6 is 0 Å². The molecule has 0 fully saturated rings. The minimum atomic E-state index is -3.22. The van der Waals surface area contributed by atoms with Crippen molar-refractivity contribution in [2.45, 2.75) is 13.5 Å². The Bertz CT molecular complexity index is 488. The molecule has 0 aliphatic heterocycles. The second kappa shape index (κ2) is 7.47. The van der Waals surface area contributed by atoms with Gasteiger partial charge in [-0.05, 0) is 24.2 Å². The van der Waals surface area contributed by atoms with Gasteiger partial charge in [0.25, 0.3) is 0 Å². The Morgan fingerprint density at radius 3 is 2.74 bits per heavy atom. The van der Waals surface area contributed by atoms with Crippen LogP contribution in [0.5, 0.6) is 5.75 Å². The molecular weight excluding hydrogens is 264 g/mol. The number of nitrogens with zero attached hydrogens (tertiary/aromatic N) is 1. The highest BCUT2D eigenvalue weighted by atomic mass is 32.2. The molecule has 0 bridgehead atoms. The maximum Gasteiger partial charge on any atom is 0.215 e. The summed E-state index contributed by atoms with van der Waals surface area (Å²) in [4.78, 5) is 0. The maximum atomic E-state index is 12.0. The van der Waals surface area contributed by atoms with Crippen LogP contribution in [0.15, 0.2) is 24.3 Å². The largest absolute Gasteiger partial charge is 0.497 e. The number of methoxy groups -OCH3 is 1. The van der Waals surface area contributed by atoms with Crippen LogP contribution in [0.1, 0.15) is 12.5 Å². The Morgan fingerprint density at radius 2 is 2.11 bits per heavy atom. The first-order valence-electron chi connectivity index (χ1n) is 6.27. The van der Waals surface area contributed by atoms with Crippen molar-refractivity contribution in [1.29, 1.82) is 0 Å². The molecule has 0 heterocycles. The molecule has 108 valence electrons. The highest BCUT2D eigenvalue weighted by Gasteiger charge is 2.17. The molecule has 6 heteroatoms. The van der Waals surface area contributed by atoms with Gasteiger partial charge in [0.2, 0.25) is 10.0 Å². The fourth-order valence-electron chi connectivity index (χ4n) is 1.66. The molecule has 0 radical (unpaired) electrons. The lowest BCUT2D eigenvalue weighted by molar-refractivity contribution is 0.412. The van der Waals surface area contributed by atoms with E-state index >= 15 is 0 Å². The standard InChI is InChI=1S/C13H22N2O3S/c1-4-14-8-9-19(16,17)15(2)11-12-6-5-7-13(10-12)18-3/h5-7,10,14H,4,8-9,11H2,1-3H3. The summed E-state index contributed by atoms with van der Waals surface area (Å²) in [5.41, 5.74) is 0.911. The zero-order valence-electron chi connectivity index (χ0n) is 11.7. The summed E-state index contributed by atoms with van der Waals surface area (Å²) in [7, 11) is -0.0291. The summed E-state index contributed by atoms with van der Waals surface area (Å²) in [5.74, 6) is 0.845. The van der Waals surface area contributed by atoms with E-state index in [1.165, 1.54) is 4.31 Å². The molecule has 5 nitrogen and oxygen atoms in total. The van der Waals surface area contributed by atoms with E-state index in [-0.39, 0.29) is 5.75 Å². The van der Waals surface area contributed by atoms with Crippen molar-refractivity contribution in [3.05, 3.63) is 29.8 Å². The van der Waals surface area contributed by atoms with Gasteiger partial charge in [0.05, 0.1) is 12.9 Å². The molecule has 0 saturated heterocycles. The minimum absolute atomic E-state index is 0.112. The van der Waals surface area contributed by atoms with Crippen LogP contribution in [0, 0.1) is 0 Å². The van der Waals surface area contributed by atoms with Crippen LogP contribution < -0.4 is 10.1 Å². The summed E-state index contributed by atoms with van der Waals surface area (Å²) in [5, 5.41) is 3.02. The molecule has 0 aliphatic carbocycles. The van der Waals surface area contributed by atoms with Crippen LogP contribution in [0.3, 0.4) is 0 Å². The third-order valence-corrected chi connectivity index (χ3v) is 4.60. The first-order chi connectivity index (χ1) is 8.99. The fraction of sp³-hybridized carbons (Fsp3) is 0.538. The second-order valence-electron chi connectivity index (χ2n) is 4.28. The van der Waals surface area contributed by atoms with Gasteiger partial charge in [-0.25, -0.2) is 12.7 Å². The highest BCUT2D eigenvalue weighted by Crippen LogP contribution is 2.15. The summed E-state index contributed by atoms with van der Waals surface area (Å²) in [6, 6.07) is 7.42. The number of benzene rings is 1. The van der Waals surface area contributed by atoms with Gasteiger partial charge in [-0.3, -0.25) is 0 Å². The number of hydrogen-bond acceptors (Lipinski definition) is 4. The molecule has 0 unspecified atom stereocenters. The Labute approximate surface area is 115 Å². The van der Waals surface area contributed by atoms with E-state index in [9.17, 15) is 8.42 Å². The van der Waals surface area contributed by atoms with Crippen LogP contribution in [-0.4, -0.2) is 45.7 Å². The summed E-state index contributed by atoms with van der Waals surface area (Å²) in [6.45, 7) is 3.55. The second-order valence-corrected chi connectivity index (χ2v) is 6.47. The Kier molecular flexibility index (Phi) is 6.27. The van der Waals surface area contributed by atoms with Crippen molar-refractivity contribution < 1.29 is 13.2 Å². The predicted octanol–water partition coefficient (Wildman–Crippen LogP) is 1.07. The van der Waals surface area contributed by atoms with Crippen LogP contribution in [-0.2, 0) is 16.6 Å². The van der Waals surface area contributed by atoms with E-state index < -0.39 is 10.0 Å². The van der Waals surface area contributed by atoms with E-state index in [0.717, 1.165) is 17.9 Å². The van der Waals surface area contributed by atoms with Gasteiger partial charge < -0.3 is 10.1 Å². The lowest BCUT2D eigenvalue weighted by atomic mass is 10.2. The molecule has 1 N–H and O–H groups in total. The lowest BCUT2D eigenvalue weighted by Crippen LogP contribution is -2.33. The van der Waals surface area contributed by atoms with E-state index in [1.807, 2.05) is 31.2 Å². The molecule has 1 aromatic rings. The fourth-order valence-corrected chi connectivity index (χ4v) is 2.72. The van der Waals surface area contributed by atoms with Crippen LogP contribution in [0.4, 0.5) is 0 Å². The lowest BCUT2D eigenvalue weighted by Gasteiger charge is -2.17. The van der Waals surface area contributed by atoms with Gasteiger partial charge in [0, 0.05) is 20.1 Å². The molecule has 0 aromatic heterocycles. The predicted molar refractivity (Wildman–Crippen MR) is 76.8 cm³/mol. The van der Waals surface area contributed by atoms with E-state index in [0.29, 0.717) is 13.1 Å². The van der Waals surface area contributed by atoms with Crippen molar-refractivity contribution in [3.8, 4) is 5.75 Å². The van der Waals surface area contributed by atoms with E-state index in [4.69, 9.17) is 4.74 Å². The minimum Gasteiger partial charge on any atom is -0.497 e. The average Bonchev–Trinajstić information content (AvgIpc) is 2.39. The number of ether oxygens (including phenoxy) is 1. The number of hydrogen-bond donors (Lipinski definition) is 1. The van der Waals surface area contributed by atoms with Crippen molar-refractivity contribution in [3.63, 3.8) is 0 Å².